The molecule has 0 saturated heterocycles. The monoisotopic (exact) mass is 144 g/mol. The van der Waals surface area contributed by atoms with Gasteiger partial charge in [0.15, 0.2) is 0 Å². The van der Waals surface area contributed by atoms with Gasteiger partial charge in [-0.25, -0.2) is 0 Å². The maximum absolute atomic E-state index is 2.24. The van der Waals surface area contributed by atoms with Gasteiger partial charge in [0.05, 0.1) is 14.9 Å². The molecule has 56 valence electrons. The Kier molecular flexibility index (Phi) is 3.89. The van der Waals surface area contributed by atoms with Crippen molar-refractivity contribution in [3.63, 3.8) is 0 Å². The van der Waals surface area contributed by atoms with Crippen molar-refractivity contribution >= 4 is 14.9 Å². The minimum atomic E-state index is 1.24. The second kappa shape index (κ2) is 5.06. The van der Waals surface area contributed by atoms with Crippen LogP contribution in [-0.4, -0.2) is 14.9 Å². The van der Waals surface area contributed by atoms with E-state index in [1.807, 2.05) is 0 Å². The Labute approximate surface area is 70.6 Å². The van der Waals surface area contributed by atoms with Crippen molar-refractivity contribution in [3.8, 4) is 0 Å². The third-order valence-corrected chi connectivity index (χ3v) is 1.91. The van der Waals surface area contributed by atoms with Crippen LogP contribution in [-0.2, 0) is 6.42 Å². The van der Waals surface area contributed by atoms with Gasteiger partial charge in [-0.2, -0.15) is 0 Å². The Morgan fingerprint density at radius 2 is 1.91 bits per heavy atom. The average Bonchev–Trinajstić information content (AvgIpc) is 2.07. The highest BCUT2D eigenvalue weighted by Gasteiger charge is 1.89. The quantitative estimate of drug-likeness (QED) is 0.437. The van der Waals surface area contributed by atoms with E-state index in [2.05, 4.69) is 38.1 Å². The molecule has 0 aliphatic heterocycles. The summed E-state index contributed by atoms with van der Waals surface area (Å²) in [5, 5.41) is 0. The van der Waals surface area contributed by atoms with Gasteiger partial charge in [0, 0.05) is 0 Å². The Bertz CT molecular complexity index is 184. The molecule has 0 nitrogen and oxygen atoms in total. The molecular formula is C9H14B2. The first-order valence-corrected chi connectivity index (χ1v) is 4.47. The summed E-state index contributed by atoms with van der Waals surface area (Å²) < 4.78 is 0. The molecule has 1 aromatic rings. The molecule has 1 aromatic carbocycles. The van der Waals surface area contributed by atoms with E-state index >= 15 is 0 Å². The van der Waals surface area contributed by atoms with Gasteiger partial charge in [0.2, 0.25) is 0 Å². The van der Waals surface area contributed by atoms with Gasteiger partial charge in [0.1, 0.15) is 0 Å². The Balaban J connectivity index is 2.28. The van der Waals surface area contributed by atoms with Gasteiger partial charge < -0.3 is 0 Å². The third kappa shape index (κ3) is 3.31. The fraction of sp³-hybridized carbons (Fsp3) is 0.333. The van der Waals surface area contributed by atoms with Gasteiger partial charge in [-0.3, -0.25) is 0 Å². The van der Waals surface area contributed by atoms with Crippen LogP contribution < -0.4 is 0 Å². The topological polar surface area (TPSA) is 0 Å². The number of hydrogen-bond donors (Lipinski definition) is 0. The molecule has 0 bridgehead atoms. The highest BCUT2D eigenvalue weighted by atomic mass is 13.9. The zero-order valence-corrected chi connectivity index (χ0v) is 7.22. The van der Waals surface area contributed by atoms with E-state index in [1.54, 1.807) is 0 Å². The van der Waals surface area contributed by atoms with E-state index in [-0.39, 0.29) is 0 Å². The molecule has 0 aromatic heterocycles. The van der Waals surface area contributed by atoms with E-state index in [1.165, 1.54) is 31.9 Å². The van der Waals surface area contributed by atoms with Crippen LogP contribution in [0.5, 0.6) is 0 Å². The maximum atomic E-state index is 2.24. The Hall–Kier alpha value is -0.650. The molecule has 2 heteroatoms. The Morgan fingerprint density at radius 1 is 1.18 bits per heavy atom. The van der Waals surface area contributed by atoms with Gasteiger partial charge in [-0.15, -0.1) is 0 Å². The molecule has 0 heterocycles. The van der Waals surface area contributed by atoms with Crippen molar-refractivity contribution in [2.24, 2.45) is 0 Å². The van der Waals surface area contributed by atoms with Crippen molar-refractivity contribution in [2.75, 3.05) is 0 Å². The van der Waals surface area contributed by atoms with Crippen LogP contribution in [0.4, 0.5) is 0 Å². The first-order chi connectivity index (χ1) is 5.43. The smallest absolute Gasteiger partial charge is 0.0821 e. The van der Waals surface area contributed by atoms with E-state index in [9.17, 15) is 0 Å². The lowest BCUT2D eigenvalue weighted by atomic mass is 9.53. The summed E-state index contributed by atoms with van der Waals surface area (Å²) in [6.07, 6.45) is 3.93. The molecule has 0 spiro atoms. The molecule has 0 amide bonds. The molecule has 0 saturated carbocycles. The van der Waals surface area contributed by atoms with Crippen molar-refractivity contribution in [1.82, 2.24) is 0 Å². The van der Waals surface area contributed by atoms with E-state index < -0.39 is 0 Å². The molecule has 11 heavy (non-hydrogen) atoms. The predicted molar refractivity (Wildman–Crippen MR) is 55.3 cm³/mol. The Morgan fingerprint density at radius 3 is 2.55 bits per heavy atom. The van der Waals surface area contributed by atoms with E-state index in [0.29, 0.717) is 0 Å². The van der Waals surface area contributed by atoms with Gasteiger partial charge in [-0.1, -0.05) is 43.1 Å². The maximum Gasteiger partial charge on any atom is 0.0821 e. The van der Waals surface area contributed by atoms with Gasteiger partial charge >= 0.3 is 0 Å². The lowest BCUT2D eigenvalue weighted by molar-refractivity contribution is 0.918. The van der Waals surface area contributed by atoms with Crippen molar-refractivity contribution in [3.05, 3.63) is 35.9 Å². The normalized spacial score (nSPS) is 9.45. The lowest BCUT2D eigenvalue weighted by Crippen LogP contribution is -1.90. The van der Waals surface area contributed by atoms with Crippen LogP contribution in [0.1, 0.15) is 12.0 Å². The molecule has 0 aliphatic rings. The lowest BCUT2D eigenvalue weighted by Gasteiger charge is -1.97. The standard InChI is InChI=1S/C9H14B2/c10-11-8-4-7-9-5-2-1-3-6-9/h1-3,5-6,11H,4,7-8,10H2. The molecule has 0 N–H and O–H groups in total. The number of hydrogen-bond acceptors (Lipinski definition) is 0. The number of rotatable bonds is 4. The zero-order chi connectivity index (χ0) is 7.94. The summed E-state index contributed by atoms with van der Waals surface area (Å²) in [6, 6.07) is 10.7. The molecule has 0 unspecified atom stereocenters. The molecular weight excluding hydrogens is 130 g/mol. The first-order valence-electron chi connectivity index (χ1n) is 4.47. The van der Waals surface area contributed by atoms with Crippen molar-refractivity contribution in [1.29, 1.82) is 0 Å². The second-order valence-electron chi connectivity index (χ2n) is 2.94. The average molecular weight is 144 g/mol. The van der Waals surface area contributed by atoms with Crippen LogP contribution in [0.15, 0.2) is 30.3 Å². The second-order valence-corrected chi connectivity index (χ2v) is 2.94. The summed E-state index contributed by atoms with van der Waals surface area (Å²) >= 11 is 0. The summed E-state index contributed by atoms with van der Waals surface area (Å²) in [7, 11) is 3.55. The number of benzene rings is 1. The SMILES string of the molecule is BBCCCc1ccccc1. The fourth-order valence-electron chi connectivity index (χ4n) is 1.22. The summed E-state index contributed by atoms with van der Waals surface area (Å²) in [5.74, 6) is 0. The fourth-order valence-corrected chi connectivity index (χ4v) is 1.22. The van der Waals surface area contributed by atoms with Crippen LogP contribution in [0, 0.1) is 0 Å². The first kappa shape index (κ1) is 8.45. The van der Waals surface area contributed by atoms with Crippen molar-refractivity contribution < 1.29 is 0 Å². The highest BCUT2D eigenvalue weighted by Crippen LogP contribution is 2.03. The van der Waals surface area contributed by atoms with Crippen LogP contribution in [0.2, 0.25) is 6.32 Å². The highest BCUT2D eigenvalue weighted by molar-refractivity contribution is 6.89. The zero-order valence-electron chi connectivity index (χ0n) is 7.22. The summed E-state index contributed by atoms with van der Waals surface area (Å²) in [5.41, 5.74) is 1.47. The summed E-state index contributed by atoms with van der Waals surface area (Å²) in [4.78, 5) is 0. The minimum absolute atomic E-state index is 1.24. The summed E-state index contributed by atoms with van der Waals surface area (Å²) in [6.45, 7) is 0. The van der Waals surface area contributed by atoms with Gasteiger partial charge in [-0.05, 0) is 12.0 Å². The van der Waals surface area contributed by atoms with Crippen LogP contribution in [0.3, 0.4) is 0 Å². The molecule has 1 rings (SSSR count). The minimum Gasteiger partial charge on any atom is -0.0846 e. The number of aryl methyl sites for hydroxylation is 1. The third-order valence-electron chi connectivity index (χ3n) is 1.91. The predicted octanol–water partition coefficient (Wildman–Crippen LogP) is 1.02. The molecule has 0 aliphatic carbocycles. The largest absolute Gasteiger partial charge is 0.0846 e. The van der Waals surface area contributed by atoms with E-state index in [4.69, 9.17) is 0 Å². The molecule has 0 fully saturated rings. The van der Waals surface area contributed by atoms with Gasteiger partial charge in [0.25, 0.3) is 0 Å². The molecule has 0 radical (unpaired) electrons. The van der Waals surface area contributed by atoms with Crippen LogP contribution >= 0.6 is 0 Å². The van der Waals surface area contributed by atoms with Crippen LogP contribution in [0.25, 0.3) is 0 Å². The van der Waals surface area contributed by atoms with Crippen molar-refractivity contribution in [2.45, 2.75) is 19.2 Å². The molecule has 0 atom stereocenters. The van der Waals surface area contributed by atoms with E-state index in [0.717, 1.165) is 0 Å².